The van der Waals surface area contributed by atoms with Crippen molar-refractivity contribution in [3.8, 4) is 5.75 Å². The Labute approximate surface area is 226 Å². The third kappa shape index (κ3) is 6.90. The van der Waals surface area contributed by atoms with E-state index in [1.807, 2.05) is 24.3 Å². The molecule has 8 nitrogen and oxygen atoms in total. The minimum Gasteiger partial charge on any atom is -0.495 e. The molecule has 3 aromatic carbocycles. The molecule has 0 radical (unpaired) electrons. The summed E-state index contributed by atoms with van der Waals surface area (Å²) < 4.78 is 34.9. The molecule has 196 valence electrons. The van der Waals surface area contributed by atoms with Gasteiger partial charge in [-0.25, -0.2) is 8.42 Å². The largest absolute Gasteiger partial charge is 0.495 e. The molecule has 1 N–H and O–H groups in total. The lowest BCUT2D eigenvalue weighted by Crippen LogP contribution is -2.51. The Morgan fingerprint density at radius 2 is 1.59 bits per heavy atom. The van der Waals surface area contributed by atoms with Crippen molar-refractivity contribution in [1.29, 1.82) is 0 Å². The molecule has 0 saturated carbocycles. The second-order valence-corrected chi connectivity index (χ2v) is 11.0. The number of sulfonamides is 1. The number of ether oxygens (including phenoxy) is 1. The van der Waals surface area contributed by atoms with Crippen molar-refractivity contribution in [2.45, 2.75) is 31.3 Å². The number of methoxy groups -OCH3 is 1. The fourth-order valence-corrected chi connectivity index (χ4v) is 5.47. The van der Waals surface area contributed by atoms with Crippen LogP contribution >= 0.6 is 15.9 Å². The molecule has 0 spiro atoms. The van der Waals surface area contributed by atoms with Crippen LogP contribution in [-0.4, -0.2) is 51.4 Å². The van der Waals surface area contributed by atoms with Gasteiger partial charge in [0.05, 0.1) is 17.7 Å². The number of nitrogens with zero attached hydrogens (tertiary/aromatic N) is 2. The number of hydrogen-bond acceptors (Lipinski definition) is 5. The van der Waals surface area contributed by atoms with Gasteiger partial charge in [-0.15, -0.1) is 0 Å². The van der Waals surface area contributed by atoms with Gasteiger partial charge in [-0.05, 0) is 55.8 Å². The summed E-state index contributed by atoms with van der Waals surface area (Å²) >= 11 is 3.40. The van der Waals surface area contributed by atoms with Crippen molar-refractivity contribution in [3.05, 3.63) is 88.9 Å². The smallest absolute Gasteiger partial charge is 0.264 e. The SMILES string of the molecule is CCNC(=O)C(C)N(Cc1ccc(Br)cc1)C(=O)CN(c1ccccc1OC)S(=O)(=O)c1ccccc1. The number of nitrogens with one attached hydrogen (secondary N) is 1. The van der Waals surface area contributed by atoms with Crippen LogP contribution in [0, 0.1) is 0 Å². The highest BCUT2D eigenvalue weighted by molar-refractivity contribution is 9.10. The normalized spacial score (nSPS) is 11.9. The molecule has 0 aliphatic heterocycles. The first kappa shape index (κ1) is 28.2. The first-order chi connectivity index (χ1) is 17.7. The predicted octanol–water partition coefficient (Wildman–Crippen LogP) is 4.21. The first-order valence-electron chi connectivity index (χ1n) is 11.7. The molecule has 3 rings (SSSR count). The molecule has 1 atom stereocenters. The summed E-state index contributed by atoms with van der Waals surface area (Å²) in [6, 6.07) is 21.0. The zero-order valence-corrected chi connectivity index (χ0v) is 23.3. The molecule has 0 bridgehead atoms. The highest BCUT2D eigenvalue weighted by Gasteiger charge is 2.33. The number of anilines is 1. The summed E-state index contributed by atoms with van der Waals surface area (Å²) in [4.78, 5) is 28.0. The lowest BCUT2D eigenvalue weighted by Gasteiger charge is -2.32. The van der Waals surface area contributed by atoms with E-state index < -0.39 is 28.5 Å². The molecule has 0 fully saturated rings. The molecule has 0 aliphatic carbocycles. The van der Waals surface area contributed by atoms with Crippen LogP contribution in [0.25, 0.3) is 0 Å². The van der Waals surface area contributed by atoms with Gasteiger partial charge in [0.2, 0.25) is 11.8 Å². The second kappa shape index (κ2) is 12.7. The van der Waals surface area contributed by atoms with Crippen molar-refractivity contribution in [2.75, 3.05) is 24.5 Å². The number of hydrogen-bond donors (Lipinski definition) is 1. The molecule has 37 heavy (non-hydrogen) atoms. The molecule has 2 amide bonds. The molecule has 0 saturated heterocycles. The minimum atomic E-state index is -4.15. The third-order valence-electron chi connectivity index (χ3n) is 5.75. The van der Waals surface area contributed by atoms with Crippen molar-refractivity contribution in [2.24, 2.45) is 0 Å². The van der Waals surface area contributed by atoms with Gasteiger partial charge >= 0.3 is 0 Å². The lowest BCUT2D eigenvalue weighted by molar-refractivity contribution is -0.139. The standard InChI is InChI=1S/C27H30BrN3O5S/c1-4-29-27(33)20(2)30(18-21-14-16-22(28)17-15-21)26(32)19-31(24-12-8-9-13-25(24)36-3)37(34,35)23-10-6-5-7-11-23/h5-17,20H,4,18-19H2,1-3H3,(H,29,33). The molecule has 0 aliphatic rings. The van der Waals surface area contributed by atoms with Gasteiger partial charge in [-0.3, -0.25) is 13.9 Å². The first-order valence-corrected chi connectivity index (χ1v) is 13.9. The molecule has 0 aromatic heterocycles. The van der Waals surface area contributed by atoms with Gasteiger partial charge in [0.1, 0.15) is 18.3 Å². The highest BCUT2D eigenvalue weighted by atomic mass is 79.9. The van der Waals surface area contributed by atoms with E-state index in [2.05, 4.69) is 21.2 Å². The summed E-state index contributed by atoms with van der Waals surface area (Å²) in [5.41, 5.74) is 1.01. The topological polar surface area (TPSA) is 96.0 Å². The van der Waals surface area contributed by atoms with Crippen LogP contribution in [0.4, 0.5) is 5.69 Å². The minimum absolute atomic E-state index is 0.0324. The predicted molar refractivity (Wildman–Crippen MR) is 147 cm³/mol. The number of amides is 2. The van der Waals surface area contributed by atoms with Crippen LogP contribution in [0.2, 0.25) is 0 Å². The van der Waals surface area contributed by atoms with Crippen LogP contribution in [0.5, 0.6) is 5.75 Å². The van der Waals surface area contributed by atoms with Crippen LogP contribution in [-0.2, 0) is 26.2 Å². The maximum absolute atomic E-state index is 13.8. The Hall–Kier alpha value is -3.37. The number of likely N-dealkylation sites (N-methyl/N-ethyl adjacent to an activating group) is 1. The Bertz CT molecular complexity index is 1320. The zero-order chi connectivity index (χ0) is 27.0. The molecule has 1 unspecified atom stereocenters. The van der Waals surface area contributed by atoms with Crippen molar-refractivity contribution < 1.29 is 22.7 Å². The van der Waals surface area contributed by atoms with E-state index in [1.165, 1.54) is 24.1 Å². The number of rotatable bonds is 11. The van der Waals surface area contributed by atoms with Crippen LogP contribution in [0.1, 0.15) is 19.4 Å². The summed E-state index contributed by atoms with van der Waals surface area (Å²) in [5, 5.41) is 2.74. The molecule has 10 heteroatoms. The quantitative estimate of drug-likeness (QED) is 0.362. The Kier molecular flexibility index (Phi) is 9.71. The Morgan fingerprint density at radius 3 is 2.22 bits per heavy atom. The van der Waals surface area contributed by atoms with Gasteiger partial charge in [0, 0.05) is 17.6 Å². The van der Waals surface area contributed by atoms with E-state index in [4.69, 9.17) is 4.74 Å². The number of para-hydroxylation sites is 2. The number of carbonyl (C=O) groups excluding carboxylic acids is 2. The highest BCUT2D eigenvalue weighted by Crippen LogP contribution is 2.32. The van der Waals surface area contributed by atoms with Gasteiger partial charge in [0.15, 0.2) is 0 Å². The van der Waals surface area contributed by atoms with Gasteiger partial charge in [-0.1, -0.05) is 58.4 Å². The summed E-state index contributed by atoms with van der Waals surface area (Å²) in [7, 11) is -2.72. The van der Waals surface area contributed by atoms with E-state index in [0.29, 0.717) is 12.3 Å². The second-order valence-electron chi connectivity index (χ2n) is 8.22. The molecule has 0 heterocycles. The van der Waals surface area contributed by atoms with Crippen molar-refractivity contribution >= 4 is 43.5 Å². The summed E-state index contributed by atoms with van der Waals surface area (Å²) in [5.74, 6) is -0.569. The number of carbonyl (C=O) groups is 2. The van der Waals surface area contributed by atoms with Crippen LogP contribution in [0.3, 0.4) is 0 Å². The van der Waals surface area contributed by atoms with E-state index in [1.54, 1.807) is 56.3 Å². The van der Waals surface area contributed by atoms with Gasteiger partial charge < -0.3 is 15.0 Å². The summed E-state index contributed by atoms with van der Waals surface area (Å²) in [6.45, 7) is 3.41. The van der Waals surface area contributed by atoms with Crippen molar-refractivity contribution in [1.82, 2.24) is 10.2 Å². The summed E-state index contributed by atoms with van der Waals surface area (Å²) in [6.07, 6.45) is 0. The van der Waals surface area contributed by atoms with Gasteiger partial charge in [-0.2, -0.15) is 0 Å². The lowest BCUT2D eigenvalue weighted by atomic mass is 10.1. The maximum atomic E-state index is 13.8. The average Bonchev–Trinajstić information content (AvgIpc) is 2.91. The van der Waals surface area contributed by atoms with Crippen molar-refractivity contribution in [3.63, 3.8) is 0 Å². The Balaban J connectivity index is 2.05. The average molecular weight is 589 g/mol. The van der Waals surface area contributed by atoms with E-state index in [0.717, 1.165) is 14.3 Å². The zero-order valence-electron chi connectivity index (χ0n) is 20.9. The third-order valence-corrected chi connectivity index (χ3v) is 8.05. The van der Waals surface area contributed by atoms with Gasteiger partial charge in [0.25, 0.3) is 10.0 Å². The van der Waals surface area contributed by atoms with Crippen LogP contribution < -0.4 is 14.4 Å². The fourth-order valence-electron chi connectivity index (χ4n) is 3.76. The molecular weight excluding hydrogens is 558 g/mol. The monoisotopic (exact) mass is 587 g/mol. The van der Waals surface area contributed by atoms with E-state index in [9.17, 15) is 18.0 Å². The molecule has 3 aromatic rings. The Morgan fingerprint density at radius 1 is 0.973 bits per heavy atom. The fraction of sp³-hybridized carbons (Fsp3) is 0.259. The number of benzene rings is 3. The number of halogens is 1. The van der Waals surface area contributed by atoms with E-state index >= 15 is 0 Å². The maximum Gasteiger partial charge on any atom is 0.264 e. The van der Waals surface area contributed by atoms with E-state index in [-0.39, 0.29) is 23.0 Å². The van der Waals surface area contributed by atoms with Crippen LogP contribution in [0.15, 0.2) is 88.2 Å². The molecular formula is C27H30BrN3O5S.